The van der Waals surface area contributed by atoms with E-state index in [0.717, 1.165) is 0 Å². The second-order valence-corrected chi connectivity index (χ2v) is 0. The van der Waals surface area contributed by atoms with Gasteiger partial charge in [-0.3, -0.25) is 0 Å². The molecule has 0 aromatic heterocycles. The molecule has 0 fully saturated rings. The fourth-order valence-electron chi connectivity index (χ4n) is 0. The molecule has 0 atom stereocenters. The van der Waals surface area contributed by atoms with Crippen molar-refractivity contribution in [2.24, 2.45) is 0 Å². The predicted octanol–water partition coefficient (Wildman–Crippen LogP) is -1.14. The first-order valence-electron chi connectivity index (χ1n) is 0. The summed E-state index contributed by atoms with van der Waals surface area (Å²) >= 11 is 0. The minimum Gasteiger partial charge on any atom is 0 e. The first kappa shape index (κ1) is 30.7. The van der Waals surface area contributed by atoms with E-state index in [2.05, 4.69) is 0 Å². The maximum Gasteiger partial charge on any atom is 0 e. The molecule has 0 aliphatic heterocycles. The van der Waals surface area contributed by atoms with Gasteiger partial charge < -0.3 is 0 Å². The fourth-order valence-corrected chi connectivity index (χ4v) is 0. The smallest absolute Gasteiger partial charge is 0 e. The van der Waals surface area contributed by atoms with E-state index in [9.17, 15) is 0 Å². The first-order valence-corrected chi connectivity index (χ1v) is 0. The number of rotatable bonds is 0. The van der Waals surface area contributed by atoms with Gasteiger partial charge in [0.25, 0.3) is 0 Å². The van der Waals surface area contributed by atoms with Crippen molar-refractivity contribution in [2.75, 3.05) is 0 Å². The molecule has 7 radical (unpaired) electrons. The van der Waals surface area contributed by atoms with Gasteiger partial charge in [-0.05, 0) is 0 Å². The van der Waals surface area contributed by atoms with Crippen LogP contribution in [0.15, 0.2) is 0 Å². The van der Waals surface area contributed by atoms with E-state index in [0.29, 0.717) is 0 Å². The van der Waals surface area contributed by atoms with Crippen LogP contribution in [0.3, 0.4) is 0 Å². The van der Waals surface area contributed by atoms with Gasteiger partial charge in [0, 0.05) is 80.5 Å². The molecule has 0 nitrogen and oxygen atoms in total. The summed E-state index contributed by atoms with van der Waals surface area (Å²) in [7, 11) is 0. The molecular weight excluding hydrogens is 131 g/mol. The summed E-state index contributed by atoms with van der Waals surface area (Å²) in [5.41, 5.74) is 0. The van der Waals surface area contributed by atoms with Crippen LogP contribution in [0.4, 0.5) is 0 Å². The largest absolute Gasteiger partial charge is 0 e. The molecule has 15 valence electrons. The van der Waals surface area contributed by atoms with Crippen LogP contribution in [-0.4, -0.2) is 63.5 Å². The summed E-state index contributed by atoms with van der Waals surface area (Å²) in [6, 6.07) is 0. The normalized spacial score (nSPS) is 0. The van der Waals surface area contributed by atoms with Crippen LogP contribution in [0.25, 0.3) is 0 Å². The Hall–Kier alpha value is 2.58. The summed E-state index contributed by atoms with van der Waals surface area (Å²) in [4.78, 5) is 0. The Bertz CT molecular complexity index is 6.00. The molecule has 0 N–H and O–H groups in total. The molecule has 0 heterocycles. The van der Waals surface area contributed by atoms with Crippen molar-refractivity contribution < 1.29 is 17.1 Å². The summed E-state index contributed by atoms with van der Waals surface area (Å²) < 4.78 is 0. The van der Waals surface area contributed by atoms with Crippen LogP contribution in [-0.2, 0) is 17.1 Å². The van der Waals surface area contributed by atoms with Crippen molar-refractivity contribution >= 4 is 63.5 Å². The molecule has 0 rings (SSSR count). The Morgan fingerprint density at radius 3 is 0.750 bits per heavy atom. The molecule has 0 bridgehead atoms. The Labute approximate surface area is 79.4 Å². The van der Waals surface area contributed by atoms with Gasteiger partial charge in [-0.15, -0.1) is 0 Å². The average molecular weight is 131 g/mol. The van der Waals surface area contributed by atoms with Gasteiger partial charge in [0.15, 0.2) is 0 Å². The van der Waals surface area contributed by atoms with Crippen LogP contribution < -0.4 is 0 Å². The summed E-state index contributed by atoms with van der Waals surface area (Å²) in [6.45, 7) is 0. The monoisotopic (exact) mass is 131 g/mol. The fraction of sp³-hybridized carbons (Fsp3) is 0. The Kier molecular flexibility index (Phi) is 135. The van der Waals surface area contributed by atoms with Crippen LogP contribution in [0, 0.1) is 0 Å². The van der Waals surface area contributed by atoms with E-state index >= 15 is 0 Å². The van der Waals surface area contributed by atoms with Crippen molar-refractivity contribution in [1.82, 2.24) is 0 Å². The number of hydrogen-bond acceptors (Lipinski definition) is 0. The molecule has 0 aromatic carbocycles. The zero-order valence-electron chi connectivity index (χ0n) is 2.35. The van der Waals surface area contributed by atoms with Crippen molar-refractivity contribution in [3.05, 3.63) is 0 Å². The molecule has 4 heteroatoms. The minimum absolute atomic E-state index is 0. The maximum absolute atomic E-state index is 0. The number of hydrogen-bond donors (Lipinski definition) is 0. The standard InChI is InChI=1S/Al.Fe.2Mg. The Morgan fingerprint density at radius 1 is 0.750 bits per heavy atom. The zero-order chi connectivity index (χ0) is 0. The molecule has 4 heavy (non-hydrogen) atoms. The van der Waals surface area contributed by atoms with Crippen molar-refractivity contribution in [1.29, 1.82) is 0 Å². The van der Waals surface area contributed by atoms with E-state index in [1.807, 2.05) is 0 Å². The van der Waals surface area contributed by atoms with Gasteiger partial charge in [0.2, 0.25) is 0 Å². The zero-order valence-corrected chi connectivity index (χ0v) is 7.43. The van der Waals surface area contributed by atoms with Crippen LogP contribution in [0.2, 0.25) is 0 Å². The minimum atomic E-state index is 0. The molecule has 0 amide bonds. The van der Waals surface area contributed by atoms with Gasteiger partial charge >= 0.3 is 0 Å². The van der Waals surface area contributed by atoms with E-state index in [1.54, 1.807) is 0 Å². The second-order valence-electron chi connectivity index (χ2n) is 0. The van der Waals surface area contributed by atoms with Crippen LogP contribution in [0.1, 0.15) is 0 Å². The third-order valence-corrected chi connectivity index (χ3v) is 0. The SMILES string of the molecule is [Al].[Fe].[Mg].[Mg]. The van der Waals surface area contributed by atoms with Crippen molar-refractivity contribution in [3.63, 3.8) is 0 Å². The van der Waals surface area contributed by atoms with Crippen LogP contribution in [0.5, 0.6) is 0 Å². The quantitative estimate of drug-likeness (QED) is 0.365. The molecule has 0 aromatic rings. The first-order chi connectivity index (χ1) is 0. The average Bonchev–Trinajstić information content (AvgIpc) is 0. The molecule has 0 aliphatic carbocycles. The topological polar surface area (TPSA) is 0 Å². The van der Waals surface area contributed by atoms with Gasteiger partial charge in [0.1, 0.15) is 0 Å². The Morgan fingerprint density at radius 2 is 0.750 bits per heavy atom. The van der Waals surface area contributed by atoms with Gasteiger partial charge in [-0.25, -0.2) is 0 Å². The molecular formula is AlFeMg2. The van der Waals surface area contributed by atoms with Gasteiger partial charge in [-0.2, -0.15) is 0 Å². The van der Waals surface area contributed by atoms with Crippen molar-refractivity contribution in [3.8, 4) is 0 Å². The van der Waals surface area contributed by atoms with Crippen LogP contribution >= 0.6 is 0 Å². The molecule has 0 saturated carbocycles. The third-order valence-electron chi connectivity index (χ3n) is 0. The summed E-state index contributed by atoms with van der Waals surface area (Å²) in [5, 5.41) is 0. The maximum atomic E-state index is 0. The predicted molar refractivity (Wildman–Crippen MR) is 17.3 cm³/mol. The van der Waals surface area contributed by atoms with Gasteiger partial charge in [-0.1, -0.05) is 0 Å². The summed E-state index contributed by atoms with van der Waals surface area (Å²) in [6.07, 6.45) is 0. The van der Waals surface area contributed by atoms with Crippen molar-refractivity contribution in [2.45, 2.75) is 0 Å². The van der Waals surface area contributed by atoms with Gasteiger partial charge in [0.05, 0.1) is 0 Å². The van der Waals surface area contributed by atoms with E-state index in [4.69, 9.17) is 0 Å². The van der Waals surface area contributed by atoms with E-state index in [-0.39, 0.29) is 80.5 Å². The molecule has 0 saturated heterocycles. The van der Waals surface area contributed by atoms with E-state index < -0.39 is 0 Å². The second kappa shape index (κ2) is 17.6. The molecule has 0 spiro atoms. The molecule has 0 unspecified atom stereocenters. The Balaban J connectivity index is 0. The summed E-state index contributed by atoms with van der Waals surface area (Å²) in [5.74, 6) is 0. The third kappa shape index (κ3) is 8.82. The van der Waals surface area contributed by atoms with E-state index in [1.165, 1.54) is 0 Å². The molecule has 0 aliphatic rings.